The van der Waals surface area contributed by atoms with Crippen molar-refractivity contribution in [2.24, 2.45) is 0 Å². The summed E-state index contributed by atoms with van der Waals surface area (Å²) in [7, 11) is 7.42. The molecule has 0 aliphatic carbocycles. The Kier molecular flexibility index (Phi) is 11.1. The van der Waals surface area contributed by atoms with Crippen LogP contribution in [0.3, 0.4) is 0 Å². The third-order valence-electron chi connectivity index (χ3n) is 3.15. The van der Waals surface area contributed by atoms with Gasteiger partial charge in [0.1, 0.15) is 5.75 Å². The highest BCUT2D eigenvalue weighted by Crippen LogP contribution is 2.26. The molecule has 1 aromatic rings. The number of ether oxygens (including phenoxy) is 1. The van der Waals surface area contributed by atoms with Crippen LogP contribution in [0.1, 0.15) is 31.7 Å². The van der Waals surface area contributed by atoms with E-state index in [1.807, 2.05) is 37.2 Å². The first kappa shape index (κ1) is 21.0. The monoisotopic (exact) mass is 420 g/mol. The summed E-state index contributed by atoms with van der Waals surface area (Å²) in [5.41, 5.74) is 2.42. The summed E-state index contributed by atoms with van der Waals surface area (Å²) < 4.78 is 5.33. The van der Waals surface area contributed by atoms with E-state index in [1.54, 1.807) is 14.1 Å². The molecule has 5 heteroatoms. The van der Waals surface area contributed by atoms with E-state index in [-0.39, 0.29) is 6.09 Å². The summed E-state index contributed by atoms with van der Waals surface area (Å²) >= 11 is 2.15. The lowest BCUT2D eigenvalue weighted by Gasteiger charge is -2.19. The molecule has 4 nitrogen and oxygen atoms in total. The van der Waals surface area contributed by atoms with Crippen LogP contribution in [0.4, 0.5) is 10.5 Å². The first-order chi connectivity index (χ1) is 10.5. The Bertz CT molecular complexity index is 448. The van der Waals surface area contributed by atoms with Crippen molar-refractivity contribution in [2.45, 2.75) is 32.6 Å². The molecule has 1 amide bonds. The third-order valence-corrected chi connectivity index (χ3v) is 3.15. The van der Waals surface area contributed by atoms with Gasteiger partial charge in [0.2, 0.25) is 0 Å². The number of anilines is 1. The van der Waals surface area contributed by atoms with Crippen molar-refractivity contribution in [3.05, 3.63) is 23.8 Å². The van der Waals surface area contributed by atoms with Gasteiger partial charge < -0.3 is 14.5 Å². The lowest BCUT2D eigenvalue weighted by Crippen LogP contribution is -2.25. The van der Waals surface area contributed by atoms with Crippen molar-refractivity contribution in [3.8, 4) is 5.75 Å². The molecule has 0 atom stereocenters. The Hall–Kier alpha value is -0.980. The van der Waals surface area contributed by atoms with Crippen LogP contribution in [0.25, 0.3) is 0 Å². The number of benzene rings is 1. The molecule has 22 heavy (non-hydrogen) atoms. The Morgan fingerprint density at radius 2 is 1.77 bits per heavy atom. The van der Waals surface area contributed by atoms with E-state index in [2.05, 4.69) is 34.4 Å². The molecule has 1 aromatic carbocycles. The molecule has 126 valence electrons. The van der Waals surface area contributed by atoms with Crippen LogP contribution in [-0.2, 0) is 6.42 Å². The zero-order valence-corrected chi connectivity index (χ0v) is 16.8. The fourth-order valence-corrected chi connectivity index (χ4v) is 2.02. The highest BCUT2D eigenvalue weighted by molar-refractivity contribution is 14.1. The van der Waals surface area contributed by atoms with Crippen molar-refractivity contribution in [2.75, 3.05) is 38.0 Å². The second-order valence-corrected chi connectivity index (χ2v) is 5.40. The van der Waals surface area contributed by atoms with Crippen LogP contribution in [0.5, 0.6) is 5.75 Å². The minimum Gasteiger partial charge on any atom is -0.410 e. The zero-order valence-electron chi connectivity index (χ0n) is 14.6. The molecule has 1 rings (SSSR count). The number of unbranched alkanes of at least 4 members (excludes halogenated alkanes) is 2. The highest BCUT2D eigenvalue weighted by Gasteiger charge is 2.10. The van der Waals surface area contributed by atoms with Gasteiger partial charge in [0.25, 0.3) is 0 Å². The van der Waals surface area contributed by atoms with E-state index in [0.717, 1.165) is 12.8 Å². The molecule has 0 unspecified atom stereocenters. The van der Waals surface area contributed by atoms with Gasteiger partial charge in [0.15, 0.2) is 0 Å². The van der Waals surface area contributed by atoms with E-state index >= 15 is 0 Å². The van der Waals surface area contributed by atoms with Crippen LogP contribution in [0.15, 0.2) is 18.2 Å². The average molecular weight is 420 g/mol. The summed E-state index contributed by atoms with van der Waals surface area (Å²) in [4.78, 5) is 17.1. The van der Waals surface area contributed by atoms with E-state index in [1.165, 1.54) is 29.0 Å². The molecular formula is C17H29IN2O2. The van der Waals surface area contributed by atoms with Gasteiger partial charge in [-0.25, -0.2) is 4.79 Å². The average Bonchev–Trinajstić information content (AvgIpc) is 2.49. The molecule has 0 fully saturated rings. The maximum absolute atomic E-state index is 11.6. The molecule has 0 bridgehead atoms. The zero-order chi connectivity index (χ0) is 17.1. The maximum atomic E-state index is 11.6. The number of nitrogens with zero attached hydrogens (tertiary/aromatic N) is 2. The molecule has 0 N–H and O–H groups in total. The number of hydrogen-bond acceptors (Lipinski definition) is 3. The van der Waals surface area contributed by atoms with Gasteiger partial charge in [-0.1, -0.05) is 42.4 Å². The smallest absolute Gasteiger partial charge is 0.410 e. The van der Waals surface area contributed by atoms with Gasteiger partial charge in [-0.05, 0) is 41.5 Å². The van der Waals surface area contributed by atoms with Gasteiger partial charge in [0.05, 0.1) is 0 Å². The summed E-state index contributed by atoms with van der Waals surface area (Å²) in [6, 6.07) is 5.84. The first-order valence-electron chi connectivity index (χ1n) is 7.53. The fraction of sp³-hybridized carbons (Fsp3) is 0.588. The van der Waals surface area contributed by atoms with Gasteiger partial charge >= 0.3 is 6.09 Å². The summed E-state index contributed by atoms with van der Waals surface area (Å²) in [5.74, 6) is 0.612. The lowest BCUT2D eigenvalue weighted by molar-refractivity contribution is 0.172. The van der Waals surface area contributed by atoms with Gasteiger partial charge in [0, 0.05) is 33.9 Å². The predicted molar refractivity (Wildman–Crippen MR) is 104 cm³/mol. The quantitative estimate of drug-likeness (QED) is 0.383. The van der Waals surface area contributed by atoms with E-state index in [9.17, 15) is 4.79 Å². The lowest BCUT2D eigenvalue weighted by atomic mass is 10.0. The summed E-state index contributed by atoms with van der Waals surface area (Å²) in [6.07, 6.45) is 4.24. The minimum atomic E-state index is -0.345. The van der Waals surface area contributed by atoms with E-state index < -0.39 is 0 Å². The van der Waals surface area contributed by atoms with Crippen molar-refractivity contribution in [1.82, 2.24) is 4.90 Å². The summed E-state index contributed by atoms with van der Waals surface area (Å²) in [5, 5.41) is 0. The maximum Gasteiger partial charge on any atom is 0.414 e. The largest absolute Gasteiger partial charge is 0.414 e. The Balaban J connectivity index is 0.00000211. The van der Waals surface area contributed by atoms with Crippen molar-refractivity contribution in [1.29, 1.82) is 0 Å². The molecule has 0 saturated heterocycles. The van der Waals surface area contributed by atoms with Crippen LogP contribution in [0, 0.1) is 0 Å². The van der Waals surface area contributed by atoms with Crippen LogP contribution in [0.2, 0.25) is 0 Å². The number of alkyl halides is 1. The molecule has 0 aromatic heterocycles. The first-order valence-corrected chi connectivity index (χ1v) is 9.68. The molecule has 0 spiro atoms. The molecular weight excluding hydrogens is 391 g/mol. The highest BCUT2D eigenvalue weighted by atomic mass is 127. The number of rotatable bonds is 6. The van der Waals surface area contributed by atoms with Crippen LogP contribution in [-0.4, -0.2) is 44.1 Å². The topological polar surface area (TPSA) is 32.8 Å². The normalized spacial score (nSPS) is 9.59. The van der Waals surface area contributed by atoms with Crippen molar-refractivity contribution < 1.29 is 9.53 Å². The molecule has 0 saturated carbocycles. The molecule has 0 radical (unpaired) electrons. The standard InChI is InChI=1S/C16H26N2O2.CH3I/c1-6-7-8-9-13-12-14(20-16(19)18(4)5)10-11-15(13)17(2)3;1-2/h10-12H,6-9H2,1-5H3;1H3. The third kappa shape index (κ3) is 7.33. The number of hydrogen-bond donors (Lipinski definition) is 0. The second kappa shape index (κ2) is 11.6. The predicted octanol–water partition coefficient (Wildman–Crippen LogP) is 4.60. The van der Waals surface area contributed by atoms with Crippen molar-refractivity contribution in [3.63, 3.8) is 0 Å². The molecule has 0 heterocycles. The molecule has 0 aliphatic rings. The van der Waals surface area contributed by atoms with Gasteiger partial charge in [-0.2, -0.15) is 0 Å². The Labute approximate surface area is 149 Å². The van der Waals surface area contributed by atoms with E-state index in [4.69, 9.17) is 4.74 Å². The van der Waals surface area contributed by atoms with Crippen LogP contribution >= 0.6 is 22.6 Å². The Morgan fingerprint density at radius 1 is 1.14 bits per heavy atom. The van der Waals surface area contributed by atoms with Gasteiger partial charge in [-0.3, -0.25) is 0 Å². The number of carbonyl (C=O) groups is 1. The number of aryl methyl sites for hydroxylation is 1. The van der Waals surface area contributed by atoms with E-state index in [0.29, 0.717) is 5.75 Å². The molecule has 0 aliphatic heterocycles. The van der Waals surface area contributed by atoms with Gasteiger partial charge in [-0.15, -0.1) is 0 Å². The Morgan fingerprint density at radius 3 is 2.27 bits per heavy atom. The summed E-state index contributed by atoms with van der Waals surface area (Å²) in [6.45, 7) is 2.20. The number of halogens is 1. The fourth-order valence-electron chi connectivity index (χ4n) is 2.02. The SMILES string of the molecule is CCCCCc1cc(OC(=O)N(C)C)ccc1N(C)C.CI. The number of amides is 1. The number of carbonyl (C=O) groups excluding carboxylic acids is 1. The minimum absolute atomic E-state index is 0.345. The van der Waals surface area contributed by atoms with Crippen LogP contribution < -0.4 is 9.64 Å². The second-order valence-electron chi connectivity index (χ2n) is 5.40. The van der Waals surface area contributed by atoms with Crippen molar-refractivity contribution >= 4 is 34.4 Å².